The van der Waals surface area contributed by atoms with Crippen molar-refractivity contribution in [3.05, 3.63) is 59.4 Å². The van der Waals surface area contributed by atoms with Crippen molar-refractivity contribution < 1.29 is 9.21 Å². The molecule has 3 aromatic rings. The summed E-state index contributed by atoms with van der Waals surface area (Å²) in [6, 6.07) is 12.6. The van der Waals surface area contributed by atoms with Crippen LogP contribution in [0.25, 0.3) is 11.3 Å². The van der Waals surface area contributed by atoms with Gasteiger partial charge in [0, 0.05) is 10.9 Å². The van der Waals surface area contributed by atoms with Gasteiger partial charge >= 0.3 is 0 Å². The number of nitrogens with one attached hydrogen (secondary N) is 1. The molecule has 2 heterocycles. The van der Waals surface area contributed by atoms with Crippen LogP contribution in [-0.2, 0) is 0 Å². The second-order valence-corrected chi connectivity index (χ2v) is 4.98. The molecule has 0 unspecified atom stereocenters. The Balaban J connectivity index is 1.84. The lowest BCUT2D eigenvalue weighted by Gasteiger charge is -1.99. The molecule has 0 aliphatic rings. The molecule has 0 fully saturated rings. The van der Waals surface area contributed by atoms with Gasteiger partial charge < -0.3 is 4.42 Å². The fraction of sp³-hybridized carbons (Fsp3) is 0. The highest BCUT2D eigenvalue weighted by Gasteiger charge is 2.13. The largest absolute Gasteiger partial charge is 0.459 e. The molecule has 0 aliphatic heterocycles. The summed E-state index contributed by atoms with van der Waals surface area (Å²) in [7, 11) is 0. The number of anilines is 1. The van der Waals surface area contributed by atoms with E-state index in [4.69, 9.17) is 9.68 Å². The van der Waals surface area contributed by atoms with Gasteiger partial charge in [-0.2, -0.15) is 5.26 Å². The summed E-state index contributed by atoms with van der Waals surface area (Å²) < 4.78 is 5.02. The van der Waals surface area contributed by atoms with E-state index in [0.717, 1.165) is 5.56 Å². The molecule has 102 valence electrons. The van der Waals surface area contributed by atoms with Crippen molar-refractivity contribution >= 4 is 22.4 Å². The molecule has 6 heteroatoms. The topological polar surface area (TPSA) is 78.9 Å². The minimum Gasteiger partial charge on any atom is -0.459 e. The van der Waals surface area contributed by atoms with Crippen LogP contribution in [0.5, 0.6) is 0 Å². The SMILES string of the molecule is N#Cc1ccccc1-c1csc(NC(=O)c2ccco2)n1. The molecule has 0 aliphatic carbocycles. The molecule has 5 nitrogen and oxygen atoms in total. The number of carbonyl (C=O) groups is 1. The molecule has 21 heavy (non-hydrogen) atoms. The second-order valence-electron chi connectivity index (χ2n) is 4.13. The van der Waals surface area contributed by atoms with E-state index < -0.39 is 0 Å². The van der Waals surface area contributed by atoms with Gasteiger partial charge in [-0.3, -0.25) is 10.1 Å². The van der Waals surface area contributed by atoms with Crippen LogP contribution in [0.4, 0.5) is 5.13 Å². The number of rotatable bonds is 3. The first-order valence-corrected chi connectivity index (χ1v) is 6.96. The summed E-state index contributed by atoms with van der Waals surface area (Å²) in [5, 5.41) is 14.0. The first-order valence-electron chi connectivity index (χ1n) is 6.08. The van der Waals surface area contributed by atoms with Gasteiger partial charge in [0.1, 0.15) is 0 Å². The van der Waals surface area contributed by atoms with Crippen LogP contribution in [0.1, 0.15) is 16.1 Å². The van der Waals surface area contributed by atoms with E-state index in [1.165, 1.54) is 17.6 Å². The predicted octanol–water partition coefficient (Wildman–Crippen LogP) is 3.53. The molecule has 1 N–H and O–H groups in total. The first-order chi connectivity index (χ1) is 10.3. The molecule has 3 rings (SSSR count). The van der Waals surface area contributed by atoms with Gasteiger partial charge in [-0.1, -0.05) is 18.2 Å². The molecule has 0 saturated heterocycles. The Kier molecular flexibility index (Phi) is 3.50. The quantitative estimate of drug-likeness (QED) is 0.801. The van der Waals surface area contributed by atoms with Gasteiger partial charge in [-0.25, -0.2) is 4.98 Å². The van der Waals surface area contributed by atoms with Gasteiger partial charge in [0.25, 0.3) is 5.91 Å². The highest BCUT2D eigenvalue weighted by Crippen LogP contribution is 2.27. The summed E-state index contributed by atoms with van der Waals surface area (Å²) in [6.45, 7) is 0. The number of furan rings is 1. The molecule has 1 amide bonds. The van der Waals surface area contributed by atoms with Gasteiger partial charge in [-0.15, -0.1) is 11.3 Å². The third-order valence-electron chi connectivity index (χ3n) is 2.79. The molecule has 0 spiro atoms. The molecular weight excluding hydrogens is 286 g/mol. The van der Waals surface area contributed by atoms with Crippen LogP contribution in [0.2, 0.25) is 0 Å². The Bertz CT molecular complexity index is 816. The highest BCUT2D eigenvalue weighted by molar-refractivity contribution is 7.14. The normalized spacial score (nSPS) is 10.0. The number of amides is 1. The lowest BCUT2D eigenvalue weighted by Crippen LogP contribution is -2.10. The number of nitriles is 1. The maximum Gasteiger partial charge on any atom is 0.293 e. The maximum atomic E-state index is 11.9. The van der Waals surface area contributed by atoms with Crippen molar-refractivity contribution in [2.24, 2.45) is 0 Å². The minimum atomic E-state index is -0.352. The highest BCUT2D eigenvalue weighted by atomic mass is 32.1. The van der Waals surface area contributed by atoms with Crippen molar-refractivity contribution in [2.75, 3.05) is 5.32 Å². The van der Waals surface area contributed by atoms with Gasteiger partial charge in [-0.05, 0) is 18.2 Å². The van der Waals surface area contributed by atoms with E-state index in [1.54, 1.807) is 29.6 Å². The van der Waals surface area contributed by atoms with Gasteiger partial charge in [0.05, 0.1) is 23.6 Å². The fourth-order valence-corrected chi connectivity index (χ4v) is 2.53. The third kappa shape index (κ3) is 2.68. The van der Waals surface area contributed by atoms with Crippen molar-refractivity contribution in [1.29, 1.82) is 5.26 Å². The predicted molar refractivity (Wildman–Crippen MR) is 78.9 cm³/mol. The van der Waals surface area contributed by atoms with Crippen LogP contribution in [-0.4, -0.2) is 10.9 Å². The Morgan fingerprint density at radius 2 is 2.14 bits per heavy atom. The van der Waals surface area contributed by atoms with Gasteiger partial charge in [0.15, 0.2) is 10.9 Å². The Morgan fingerprint density at radius 1 is 1.29 bits per heavy atom. The average Bonchev–Trinajstić information content (AvgIpc) is 3.18. The van der Waals surface area contributed by atoms with Crippen LogP contribution in [0.3, 0.4) is 0 Å². The van der Waals surface area contributed by atoms with Crippen molar-refractivity contribution in [2.45, 2.75) is 0 Å². The van der Waals surface area contributed by atoms with E-state index >= 15 is 0 Å². The smallest absolute Gasteiger partial charge is 0.293 e. The number of hydrogen-bond acceptors (Lipinski definition) is 5. The number of hydrogen-bond donors (Lipinski definition) is 1. The van der Waals surface area contributed by atoms with Crippen molar-refractivity contribution in [3.63, 3.8) is 0 Å². The summed E-state index contributed by atoms with van der Waals surface area (Å²) >= 11 is 1.30. The van der Waals surface area contributed by atoms with E-state index in [0.29, 0.717) is 16.4 Å². The average molecular weight is 295 g/mol. The lowest BCUT2D eigenvalue weighted by molar-refractivity contribution is 0.0996. The Morgan fingerprint density at radius 3 is 2.90 bits per heavy atom. The summed E-state index contributed by atoms with van der Waals surface area (Å²) in [4.78, 5) is 16.2. The molecule has 0 atom stereocenters. The van der Waals surface area contributed by atoms with Crippen LogP contribution in [0, 0.1) is 11.3 Å². The summed E-state index contributed by atoms with van der Waals surface area (Å²) in [5.74, 6) is -0.126. The zero-order chi connectivity index (χ0) is 14.7. The van der Waals surface area contributed by atoms with E-state index in [-0.39, 0.29) is 11.7 Å². The Hall–Kier alpha value is -2.91. The standard InChI is InChI=1S/C15H9N3O2S/c16-8-10-4-1-2-5-11(10)12-9-21-15(17-12)18-14(19)13-6-3-7-20-13/h1-7,9H,(H,17,18,19). The van der Waals surface area contributed by atoms with Crippen LogP contribution >= 0.6 is 11.3 Å². The molecule has 0 saturated carbocycles. The van der Waals surface area contributed by atoms with Crippen molar-refractivity contribution in [1.82, 2.24) is 4.98 Å². The first kappa shape index (κ1) is 13.1. The van der Waals surface area contributed by atoms with E-state index in [9.17, 15) is 4.79 Å². The number of carbonyl (C=O) groups excluding carboxylic acids is 1. The van der Waals surface area contributed by atoms with Gasteiger partial charge in [0.2, 0.25) is 0 Å². The number of thiazole rings is 1. The van der Waals surface area contributed by atoms with Crippen LogP contribution in [0.15, 0.2) is 52.5 Å². The van der Waals surface area contributed by atoms with Crippen LogP contribution < -0.4 is 5.32 Å². The molecule has 2 aromatic heterocycles. The molecular formula is C15H9N3O2S. The Labute approximate surface area is 124 Å². The number of nitrogens with zero attached hydrogens (tertiary/aromatic N) is 2. The fourth-order valence-electron chi connectivity index (χ4n) is 1.83. The second kappa shape index (κ2) is 5.61. The minimum absolute atomic E-state index is 0.226. The summed E-state index contributed by atoms with van der Waals surface area (Å²) in [6.07, 6.45) is 1.44. The monoisotopic (exact) mass is 295 g/mol. The summed E-state index contributed by atoms with van der Waals surface area (Å²) in [5.41, 5.74) is 1.95. The molecule has 0 bridgehead atoms. The number of aromatic nitrogens is 1. The maximum absolute atomic E-state index is 11.9. The van der Waals surface area contributed by atoms with E-state index in [1.807, 2.05) is 12.1 Å². The molecule has 1 aromatic carbocycles. The zero-order valence-electron chi connectivity index (χ0n) is 10.7. The van der Waals surface area contributed by atoms with E-state index in [2.05, 4.69) is 16.4 Å². The number of benzene rings is 1. The third-order valence-corrected chi connectivity index (χ3v) is 3.55. The zero-order valence-corrected chi connectivity index (χ0v) is 11.6. The lowest BCUT2D eigenvalue weighted by atomic mass is 10.1. The van der Waals surface area contributed by atoms with Crippen molar-refractivity contribution in [3.8, 4) is 17.3 Å². The molecule has 0 radical (unpaired) electrons.